The standard InChI is InChI=1S/C26H27BrN2O8/c1-6-35-19-14-16(13-18(27)23(19)37-15(3)24(30)36-7-2)21-20(25(31)33-4)22(26(32)34-5)29(28-21)17-11-9-8-10-12-17/h8-15H,6-7H2,1-5H3. The molecular weight excluding hydrogens is 548 g/mol. The summed E-state index contributed by atoms with van der Waals surface area (Å²) in [4.78, 5) is 37.9. The molecule has 3 aromatic rings. The van der Waals surface area contributed by atoms with Crippen LogP contribution in [0.3, 0.4) is 0 Å². The first-order chi connectivity index (χ1) is 17.8. The Morgan fingerprint density at radius 2 is 1.68 bits per heavy atom. The average Bonchev–Trinajstić information content (AvgIpc) is 3.31. The van der Waals surface area contributed by atoms with Crippen molar-refractivity contribution >= 4 is 33.8 Å². The molecule has 1 aromatic heterocycles. The van der Waals surface area contributed by atoms with Crippen LogP contribution in [0.4, 0.5) is 0 Å². The Morgan fingerprint density at radius 3 is 2.27 bits per heavy atom. The summed E-state index contributed by atoms with van der Waals surface area (Å²) in [6.07, 6.45) is -0.907. The molecule has 1 atom stereocenters. The summed E-state index contributed by atoms with van der Waals surface area (Å²) in [6, 6.07) is 12.1. The minimum absolute atomic E-state index is 0.0823. The van der Waals surface area contributed by atoms with Gasteiger partial charge in [-0.3, -0.25) is 0 Å². The summed E-state index contributed by atoms with van der Waals surface area (Å²) in [5.41, 5.74) is 0.933. The fourth-order valence-electron chi connectivity index (χ4n) is 3.52. The van der Waals surface area contributed by atoms with Gasteiger partial charge in [0.15, 0.2) is 23.3 Å². The Kier molecular flexibility index (Phi) is 9.29. The Morgan fingerprint density at radius 1 is 1.00 bits per heavy atom. The van der Waals surface area contributed by atoms with Gasteiger partial charge in [0.2, 0.25) is 0 Å². The molecule has 196 valence electrons. The highest BCUT2D eigenvalue weighted by Gasteiger charge is 2.32. The molecule has 2 aromatic carbocycles. The molecule has 1 heterocycles. The van der Waals surface area contributed by atoms with Gasteiger partial charge in [0, 0.05) is 5.56 Å². The van der Waals surface area contributed by atoms with Crippen LogP contribution in [0.25, 0.3) is 16.9 Å². The van der Waals surface area contributed by atoms with E-state index in [-0.39, 0.29) is 41.7 Å². The van der Waals surface area contributed by atoms with E-state index in [1.165, 1.54) is 18.9 Å². The normalized spacial score (nSPS) is 11.4. The summed E-state index contributed by atoms with van der Waals surface area (Å²) in [6.45, 7) is 5.56. The number of hydrogen-bond donors (Lipinski definition) is 0. The minimum Gasteiger partial charge on any atom is -0.490 e. The van der Waals surface area contributed by atoms with Gasteiger partial charge in [0.25, 0.3) is 0 Å². The molecule has 0 aliphatic rings. The fourth-order valence-corrected chi connectivity index (χ4v) is 4.06. The second kappa shape index (κ2) is 12.4. The lowest BCUT2D eigenvalue weighted by Gasteiger charge is -2.18. The SMILES string of the molecule is CCOC(=O)C(C)Oc1c(Br)cc(-c2nn(-c3ccccc3)c(C(=O)OC)c2C(=O)OC)cc1OCC. The van der Waals surface area contributed by atoms with Crippen LogP contribution in [0, 0.1) is 0 Å². The number of ether oxygens (including phenoxy) is 5. The second-order valence-electron chi connectivity index (χ2n) is 7.53. The number of halogens is 1. The number of rotatable bonds is 10. The molecule has 1 unspecified atom stereocenters. The molecule has 0 saturated carbocycles. The number of hydrogen-bond acceptors (Lipinski definition) is 9. The highest BCUT2D eigenvalue weighted by atomic mass is 79.9. The minimum atomic E-state index is -0.907. The predicted octanol–water partition coefficient (Wildman–Crippen LogP) is 4.60. The lowest BCUT2D eigenvalue weighted by molar-refractivity contribution is -0.150. The zero-order valence-electron chi connectivity index (χ0n) is 21.1. The number of aromatic nitrogens is 2. The van der Waals surface area contributed by atoms with Gasteiger partial charge < -0.3 is 23.7 Å². The second-order valence-corrected chi connectivity index (χ2v) is 8.39. The van der Waals surface area contributed by atoms with Crippen molar-refractivity contribution in [1.82, 2.24) is 9.78 Å². The molecule has 37 heavy (non-hydrogen) atoms. The molecule has 0 radical (unpaired) electrons. The molecule has 0 aliphatic heterocycles. The molecule has 0 spiro atoms. The van der Waals surface area contributed by atoms with E-state index in [2.05, 4.69) is 21.0 Å². The molecule has 0 N–H and O–H groups in total. The number of carbonyl (C=O) groups excluding carboxylic acids is 3. The summed E-state index contributed by atoms with van der Waals surface area (Å²) in [5.74, 6) is -1.52. The van der Waals surface area contributed by atoms with Crippen molar-refractivity contribution in [2.24, 2.45) is 0 Å². The third-order valence-electron chi connectivity index (χ3n) is 5.15. The monoisotopic (exact) mass is 574 g/mol. The average molecular weight is 575 g/mol. The first-order valence-corrected chi connectivity index (χ1v) is 12.2. The van der Waals surface area contributed by atoms with Gasteiger partial charge in [-0.1, -0.05) is 18.2 Å². The molecule has 3 rings (SSSR count). The highest BCUT2D eigenvalue weighted by molar-refractivity contribution is 9.10. The van der Waals surface area contributed by atoms with E-state index in [0.717, 1.165) is 0 Å². The zero-order valence-corrected chi connectivity index (χ0v) is 22.7. The van der Waals surface area contributed by atoms with Crippen molar-refractivity contribution in [3.8, 4) is 28.4 Å². The van der Waals surface area contributed by atoms with Crippen molar-refractivity contribution in [2.75, 3.05) is 27.4 Å². The largest absolute Gasteiger partial charge is 0.490 e. The van der Waals surface area contributed by atoms with Gasteiger partial charge in [-0.15, -0.1) is 0 Å². The maximum atomic E-state index is 12.9. The van der Waals surface area contributed by atoms with Crippen LogP contribution in [0.15, 0.2) is 46.9 Å². The van der Waals surface area contributed by atoms with Crippen molar-refractivity contribution in [1.29, 1.82) is 0 Å². The number of para-hydroxylation sites is 1. The lowest BCUT2D eigenvalue weighted by Crippen LogP contribution is -2.26. The van der Waals surface area contributed by atoms with Crippen LogP contribution in [-0.4, -0.2) is 61.2 Å². The van der Waals surface area contributed by atoms with E-state index in [4.69, 9.17) is 23.7 Å². The third kappa shape index (κ3) is 5.93. The van der Waals surface area contributed by atoms with Gasteiger partial charge >= 0.3 is 17.9 Å². The Hall–Kier alpha value is -3.86. The zero-order chi connectivity index (χ0) is 27.1. The first-order valence-electron chi connectivity index (χ1n) is 11.4. The molecular formula is C26H27BrN2O8. The predicted molar refractivity (Wildman–Crippen MR) is 137 cm³/mol. The van der Waals surface area contributed by atoms with Gasteiger partial charge in [0.1, 0.15) is 11.3 Å². The quantitative estimate of drug-likeness (QED) is 0.253. The van der Waals surface area contributed by atoms with Crippen LogP contribution < -0.4 is 9.47 Å². The molecule has 0 amide bonds. The van der Waals surface area contributed by atoms with E-state index in [9.17, 15) is 14.4 Å². The van der Waals surface area contributed by atoms with E-state index >= 15 is 0 Å². The van der Waals surface area contributed by atoms with Crippen molar-refractivity contribution in [2.45, 2.75) is 26.9 Å². The van der Waals surface area contributed by atoms with Crippen molar-refractivity contribution < 1.29 is 38.1 Å². The maximum Gasteiger partial charge on any atom is 0.357 e. The molecule has 0 bridgehead atoms. The van der Waals surface area contributed by atoms with Crippen LogP contribution in [-0.2, 0) is 19.0 Å². The van der Waals surface area contributed by atoms with Crippen LogP contribution >= 0.6 is 15.9 Å². The smallest absolute Gasteiger partial charge is 0.357 e. The number of carbonyl (C=O) groups is 3. The Balaban J connectivity index is 2.25. The fraction of sp³-hybridized carbons (Fsp3) is 0.308. The van der Waals surface area contributed by atoms with E-state index in [0.29, 0.717) is 15.7 Å². The molecule has 0 fully saturated rings. The lowest BCUT2D eigenvalue weighted by atomic mass is 10.0. The molecule has 0 saturated heterocycles. The van der Waals surface area contributed by atoms with Crippen molar-refractivity contribution in [3.63, 3.8) is 0 Å². The molecule has 0 aliphatic carbocycles. The van der Waals surface area contributed by atoms with Crippen LogP contribution in [0.5, 0.6) is 11.5 Å². The van der Waals surface area contributed by atoms with E-state index in [1.807, 2.05) is 6.07 Å². The van der Waals surface area contributed by atoms with Crippen LogP contribution in [0.2, 0.25) is 0 Å². The number of esters is 3. The van der Waals surface area contributed by atoms with E-state index in [1.54, 1.807) is 57.2 Å². The molecule has 10 nitrogen and oxygen atoms in total. The highest BCUT2D eigenvalue weighted by Crippen LogP contribution is 2.42. The topological polar surface area (TPSA) is 115 Å². The summed E-state index contributed by atoms with van der Waals surface area (Å²) < 4.78 is 28.4. The maximum absolute atomic E-state index is 12.9. The molecule has 11 heteroatoms. The summed E-state index contributed by atoms with van der Waals surface area (Å²) in [5, 5.41) is 4.60. The number of nitrogens with zero attached hydrogens (tertiary/aromatic N) is 2. The number of benzene rings is 2. The van der Waals surface area contributed by atoms with Gasteiger partial charge in [-0.05, 0) is 61.0 Å². The van der Waals surface area contributed by atoms with Gasteiger partial charge in [0.05, 0.1) is 37.6 Å². The third-order valence-corrected chi connectivity index (χ3v) is 5.74. The van der Waals surface area contributed by atoms with Gasteiger partial charge in [-0.25, -0.2) is 19.1 Å². The Labute approximate surface area is 222 Å². The Bertz CT molecular complexity index is 1290. The van der Waals surface area contributed by atoms with Crippen molar-refractivity contribution in [3.05, 3.63) is 58.2 Å². The number of methoxy groups -OCH3 is 2. The van der Waals surface area contributed by atoms with Gasteiger partial charge in [-0.2, -0.15) is 5.10 Å². The summed E-state index contributed by atoms with van der Waals surface area (Å²) >= 11 is 3.47. The van der Waals surface area contributed by atoms with Crippen LogP contribution in [0.1, 0.15) is 41.6 Å². The summed E-state index contributed by atoms with van der Waals surface area (Å²) in [7, 11) is 2.42. The van der Waals surface area contributed by atoms with E-state index < -0.39 is 24.0 Å². The first kappa shape index (κ1) is 27.7.